The molecule has 4 heteroatoms. The van der Waals surface area contributed by atoms with Crippen LogP contribution in [0.2, 0.25) is 0 Å². The van der Waals surface area contributed by atoms with Crippen molar-refractivity contribution in [1.82, 2.24) is 0 Å². The van der Waals surface area contributed by atoms with Gasteiger partial charge in [-0.1, -0.05) is 31.9 Å². The Balaban J connectivity index is 1.79. The number of benzene rings is 1. The fraction of sp³-hybridized carbons (Fsp3) is 0.562. The second-order valence-corrected chi connectivity index (χ2v) is 5.56. The van der Waals surface area contributed by atoms with Crippen LogP contribution in [-0.2, 0) is 16.1 Å². The van der Waals surface area contributed by atoms with Crippen LogP contribution in [0.15, 0.2) is 24.3 Å². The molecule has 0 saturated heterocycles. The van der Waals surface area contributed by atoms with Crippen molar-refractivity contribution in [3.63, 3.8) is 0 Å². The first-order chi connectivity index (χ1) is 9.69. The summed E-state index contributed by atoms with van der Waals surface area (Å²) in [6, 6.07) is 7.58. The standard InChI is InChI=1S/C16H24N2O2/c1-12-5-2-3-8-15(12)20-11-16(19)18-14-7-4-6-13(9-14)10-17/h4,6-7,9,12,15H,2-3,5,8,10-11,17H2,1H3,(H,18,19). The van der Waals surface area contributed by atoms with Gasteiger partial charge in [-0.15, -0.1) is 0 Å². The predicted molar refractivity (Wildman–Crippen MR) is 80.3 cm³/mol. The van der Waals surface area contributed by atoms with Gasteiger partial charge in [0.2, 0.25) is 5.91 Å². The third-order valence-corrected chi connectivity index (χ3v) is 3.91. The molecule has 1 aliphatic carbocycles. The SMILES string of the molecule is CC1CCCCC1OCC(=O)Nc1cccc(CN)c1. The number of hydrogen-bond donors (Lipinski definition) is 2. The Morgan fingerprint density at radius 3 is 2.95 bits per heavy atom. The number of nitrogens with two attached hydrogens (primary N) is 1. The number of carbonyl (C=O) groups is 1. The minimum atomic E-state index is -0.100. The van der Waals surface area contributed by atoms with Crippen LogP contribution in [0.1, 0.15) is 38.2 Å². The Morgan fingerprint density at radius 1 is 1.40 bits per heavy atom. The molecule has 0 aromatic heterocycles. The molecule has 1 fully saturated rings. The topological polar surface area (TPSA) is 64.3 Å². The molecule has 0 spiro atoms. The van der Waals surface area contributed by atoms with Crippen LogP contribution in [0.4, 0.5) is 5.69 Å². The number of rotatable bonds is 5. The second-order valence-electron chi connectivity index (χ2n) is 5.56. The Kier molecular flexibility index (Phi) is 5.56. The molecule has 20 heavy (non-hydrogen) atoms. The summed E-state index contributed by atoms with van der Waals surface area (Å²) >= 11 is 0. The van der Waals surface area contributed by atoms with Crippen LogP contribution in [0, 0.1) is 5.92 Å². The van der Waals surface area contributed by atoms with Gasteiger partial charge in [-0.25, -0.2) is 0 Å². The number of hydrogen-bond acceptors (Lipinski definition) is 3. The van der Waals surface area contributed by atoms with Crippen LogP contribution in [0.25, 0.3) is 0 Å². The van der Waals surface area contributed by atoms with E-state index in [2.05, 4.69) is 12.2 Å². The molecule has 0 aliphatic heterocycles. The van der Waals surface area contributed by atoms with Crippen molar-refractivity contribution in [1.29, 1.82) is 0 Å². The van der Waals surface area contributed by atoms with Crippen LogP contribution in [0.5, 0.6) is 0 Å². The highest BCUT2D eigenvalue weighted by molar-refractivity contribution is 5.91. The highest BCUT2D eigenvalue weighted by Crippen LogP contribution is 2.26. The Labute approximate surface area is 120 Å². The Hall–Kier alpha value is -1.39. The van der Waals surface area contributed by atoms with Gasteiger partial charge in [-0.3, -0.25) is 4.79 Å². The van der Waals surface area contributed by atoms with E-state index in [4.69, 9.17) is 10.5 Å². The van der Waals surface area contributed by atoms with Crippen molar-refractivity contribution in [2.24, 2.45) is 11.7 Å². The number of nitrogens with one attached hydrogen (secondary N) is 1. The van der Waals surface area contributed by atoms with Gasteiger partial charge in [0.1, 0.15) is 6.61 Å². The van der Waals surface area contributed by atoms with Gasteiger partial charge in [0.25, 0.3) is 0 Å². The first-order valence-electron chi connectivity index (χ1n) is 7.39. The average Bonchev–Trinajstić information content (AvgIpc) is 2.46. The summed E-state index contributed by atoms with van der Waals surface area (Å²) in [5, 5.41) is 2.85. The van der Waals surface area contributed by atoms with E-state index in [1.807, 2.05) is 24.3 Å². The maximum atomic E-state index is 11.9. The van der Waals surface area contributed by atoms with Crippen LogP contribution in [0.3, 0.4) is 0 Å². The molecule has 2 unspecified atom stereocenters. The lowest BCUT2D eigenvalue weighted by molar-refractivity contribution is -0.124. The third-order valence-electron chi connectivity index (χ3n) is 3.91. The fourth-order valence-corrected chi connectivity index (χ4v) is 2.69. The molecule has 110 valence electrons. The summed E-state index contributed by atoms with van der Waals surface area (Å²) < 4.78 is 5.75. The zero-order valence-electron chi connectivity index (χ0n) is 12.1. The van der Waals surface area contributed by atoms with Gasteiger partial charge in [-0.2, -0.15) is 0 Å². The Bertz CT molecular complexity index is 448. The van der Waals surface area contributed by atoms with E-state index >= 15 is 0 Å². The van der Waals surface area contributed by atoms with E-state index in [0.717, 1.165) is 17.7 Å². The van der Waals surface area contributed by atoms with E-state index in [1.54, 1.807) is 0 Å². The van der Waals surface area contributed by atoms with Gasteiger partial charge in [-0.05, 0) is 36.5 Å². The quantitative estimate of drug-likeness (QED) is 0.869. The molecule has 1 aliphatic rings. The van der Waals surface area contributed by atoms with Crippen LogP contribution < -0.4 is 11.1 Å². The van der Waals surface area contributed by atoms with Crippen molar-refractivity contribution in [3.05, 3.63) is 29.8 Å². The maximum absolute atomic E-state index is 11.9. The second kappa shape index (κ2) is 7.41. The third kappa shape index (κ3) is 4.32. The average molecular weight is 276 g/mol. The van der Waals surface area contributed by atoms with Crippen LogP contribution >= 0.6 is 0 Å². The van der Waals surface area contributed by atoms with Crippen LogP contribution in [-0.4, -0.2) is 18.6 Å². The molecular formula is C16H24N2O2. The summed E-state index contributed by atoms with van der Waals surface area (Å²) in [6.07, 6.45) is 4.97. The van der Waals surface area contributed by atoms with Crippen molar-refractivity contribution >= 4 is 11.6 Å². The summed E-state index contributed by atoms with van der Waals surface area (Å²) in [6.45, 7) is 2.80. The molecule has 1 amide bonds. The van der Waals surface area contributed by atoms with E-state index in [0.29, 0.717) is 12.5 Å². The van der Waals surface area contributed by atoms with Gasteiger partial charge in [0.15, 0.2) is 0 Å². The highest BCUT2D eigenvalue weighted by Gasteiger charge is 2.22. The Morgan fingerprint density at radius 2 is 2.20 bits per heavy atom. The molecule has 2 rings (SSSR count). The van der Waals surface area contributed by atoms with Gasteiger partial charge >= 0.3 is 0 Å². The molecule has 2 atom stereocenters. The van der Waals surface area contributed by atoms with Gasteiger partial charge in [0.05, 0.1) is 6.10 Å². The van der Waals surface area contributed by atoms with Crippen molar-refractivity contribution in [3.8, 4) is 0 Å². The van der Waals surface area contributed by atoms with E-state index in [-0.39, 0.29) is 18.6 Å². The fourth-order valence-electron chi connectivity index (χ4n) is 2.69. The minimum Gasteiger partial charge on any atom is -0.368 e. The molecule has 1 saturated carbocycles. The molecule has 0 heterocycles. The predicted octanol–water partition coefficient (Wildman–Crippen LogP) is 2.68. The lowest BCUT2D eigenvalue weighted by atomic mass is 9.88. The smallest absolute Gasteiger partial charge is 0.250 e. The molecule has 4 nitrogen and oxygen atoms in total. The molecule has 0 radical (unpaired) electrons. The van der Waals surface area contributed by atoms with E-state index < -0.39 is 0 Å². The molecular weight excluding hydrogens is 252 g/mol. The zero-order chi connectivity index (χ0) is 14.4. The van der Waals surface area contributed by atoms with Crippen molar-refractivity contribution in [2.75, 3.05) is 11.9 Å². The zero-order valence-corrected chi connectivity index (χ0v) is 12.1. The summed E-state index contributed by atoms with van der Waals surface area (Å²) in [5.41, 5.74) is 7.36. The monoisotopic (exact) mass is 276 g/mol. The van der Waals surface area contributed by atoms with Gasteiger partial charge < -0.3 is 15.8 Å². The van der Waals surface area contributed by atoms with Gasteiger partial charge in [0, 0.05) is 12.2 Å². The molecule has 3 N–H and O–H groups in total. The molecule has 1 aromatic carbocycles. The summed E-state index contributed by atoms with van der Waals surface area (Å²) in [5.74, 6) is 0.453. The summed E-state index contributed by atoms with van der Waals surface area (Å²) in [7, 11) is 0. The number of amides is 1. The lowest BCUT2D eigenvalue weighted by Crippen LogP contribution is -2.29. The highest BCUT2D eigenvalue weighted by atomic mass is 16.5. The first-order valence-corrected chi connectivity index (χ1v) is 7.39. The number of ether oxygens (including phenoxy) is 1. The molecule has 1 aromatic rings. The maximum Gasteiger partial charge on any atom is 0.250 e. The van der Waals surface area contributed by atoms with E-state index in [1.165, 1.54) is 19.3 Å². The minimum absolute atomic E-state index is 0.100. The van der Waals surface area contributed by atoms with E-state index in [9.17, 15) is 4.79 Å². The molecule has 0 bridgehead atoms. The van der Waals surface area contributed by atoms with Crippen molar-refractivity contribution in [2.45, 2.75) is 45.3 Å². The lowest BCUT2D eigenvalue weighted by Gasteiger charge is -2.28. The number of carbonyl (C=O) groups excluding carboxylic acids is 1. The normalized spacial score (nSPS) is 22.5. The van der Waals surface area contributed by atoms with Crippen molar-refractivity contribution < 1.29 is 9.53 Å². The largest absolute Gasteiger partial charge is 0.368 e. The number of anilines is 1. The first kappa shape index (κ1) is 15.0. The summed E-state index contributed by atoms with van der Waals surface area (Å²) in [4.78, 5) is 11.9.